The van der Waals surface area contributed by atoms with Crippen LogP contribution < -0.4 is 0 Å². The molecule has 0 aliphatic heterocycles. The Hall–Kier alpha value is -1.09. The molecular weight excluding hydrogens is 278 g/mol. The summed E-state index contributed by atoms with van der Waals surface area (Å²) in [6.45, 7) is 5.95. The van der Waals surface area contributed by atoms with E-state index in [1.54, 1.807) is 6.92 Å². The molecule has 1 heterocycles. The molecule has 0 amide bonds. The van der Waals surface area contributed by atoms with E-state index < -0.39 is 0 Å². The van der Waals surface area contributed by atoms with Gasteiger partial charge in [0.15, 0.2) is 5.78 Å². The number of ketones is 1. The smallest absolute Gasteiger partial charge is 0.161 e. The fourth-order valence-corrected chi connectivity index (χ4v) is 2.73. The van der Waals surface area contributed by atoms with E-state index in [9.17, 15) is 4.79 Å². The molecule has 1 aromatic carbocycles. The molecule has 0 atom stereocenters. The van der Waals surface area contributed by atoms with Crippen molar-refractivity contribution in [3.8, 4) is 0 Å². The van der Waals surface area contributed by atoms with Crippen LogP contribution in [0.2, 0.25) is 0 Å². The van der Waals surface area contributed by atoms with Crippen LogP contribution in [0.5, 0.6) is 0 Å². The summed E-state index contributed by atoms with van der Waals surface area (Å²) < 4.78 is 3.01. The summed E-state index contributed by atoms with van der Waals surface area (Å²) in [7, 11) is 1.99. The SMILES string of the molecule is CC(=O)c1cc(Br)cc2c(C(C)C)cn(C)c12. The average molecular weight is 294 g/mol. The van der Waals surface area contributed by atoms with Crippen molar-refractivity contribution in [2.75, 3.05) is 0 Å². The van der Waals surface area contributed by atoms with Gasteiger partial charge in [-0.15, -0.1) is 0 Å². The first-order valence-corrected chi connectivity index (χ1v) is 6.50. The van der Waals surface area contributed by atoms with Gasteiger partial charge in [0.05, 0.1) is 5.52 Å². The third kappa shape index (κ3) is 2.04. The summed E-state index contributed by atoms with van der Waals surface area (Å²) in [5.41, 5.74) is 3.10. The van der Waals surface area contributed by atoms with Gasteiger partial charge >= 0.3 is 0 Å². The van der Waals surface area contributed by atoms with Crippen LogP contribution in [0.1, 0.15) is 42.6 Å². The summed E-state index contributed by atoms with van der Waals surface area (Å²) in [6.07, 6.45) is 2.12. The molecule has 0 saturated heterocycles. The normalized spacial score (nSPS) is 11.4. The Balaban J connectivity index is 2.90. The minimum atomic E-state index is 0.104. The van der Waals surface area contributed by atoms with Gasteiger partial charge in [0.2, 0.25) is 0 Å². The monoisotopic (exact) mass is 293 g/mol. The predicted octanol–water partition coefficient (Wildman–Crippen LogP) is 4.27. The van der Waals surface area contributed by atoms with Crippen LogP contribution >= 0.6 is 15.9 Å². The summed E-state index contributed by atoms with van der Waals surface area (Å²) in [4.78, 5) is 11.7. The highest BCUT2D eigenvalue weighted by Crippen LogP contribution is 2.32. The van der Waals surface area contributed by atoms with E-state index in [2.05, 4.69) is 42.0 Å². The molecule has 1 aromatic heterocycles. The summed E-state index contributed by atoms with van der Waals surface area (Å²) in [5, 5.41) is 1.17. The maximum atomic E-state index is 11.7. The number of hydrogen-bond donors (Lipinski definition) is 0. The molecule has 0 spiro atoms. The van der Waals surface area contributed by atoms with Crippen LogP contribution in [0, 0.1) is 0 Å². The van der Waals surface area contributed by atoms with Crippen LogP contribution in [0.3, 0.4) is 0 Å². The highest BCUT2D eigenvalue weighted by atomic mass is 79.9. The lowest BCUT2D eigenvalue weighted by atomic mass is 10.00. The van der Waals surface area contributed by atoms with Gasteiger partial charge in [-0.2, -0.15) is 0 Å². The Bertz CT molecular complexity index is 596. The third-order valence-electron chi connectivity index (χ3n) is 3.07. The van der Waals surface area contributed by atoms with Crippen LogP contribution in [-0.2, 0) is 7.05 Å². The van der Waals surface area contributed by atoms with Crippen molar-refractivity contribution in [1.29, 1.82) is 0 Å². The van der Waals surface area contributed by atoms with Gasteiger partial charge in [0.1, 0.15) is 0 Å². The fourth-order valence-electron chi connectivity index (χ4n) is 2.27. The second kappa shape index (κ2) is 4.30. The molecule has 3 heteroatoms. The van der Waals surface area contributed by atoms with Gasteiger partial charge in [-0.05, 0) is 30.5 Å². The van der Waals surface area contributed by atoms with Gasteiger partial charge < -0.3 is 4.57 Å². The van der Waals surface area contributed by atoms with E-state index in [1.807, 2.05) is 17.7 Å². The molecule has 0 bridgehead atoms. The standard InChI is InChI=1S/C14H16BrNO/c1-8(2)13-7-16(4)14-11(9(3)17)5-10(15)6-12(13)14/h5-8H,1-4H3. The summed E-state index contributed by atoms with van der Waals surface area (Å²) in [5.74, 6) is 0.556. The number of aromatic nitrogens is 1. The number of nitrogens with zero attached hydrogens (tertiary/aromatic N) is 1. The number of fused-ring (bicyclic) bond motifs is 1. The van der Waals surface area contributed by atoms with Gasteiger partial charge in [-0.25, -0.2) is 0 Å². The fraction of sp³-hybridized carbons (Fsp3) is 0.357. The lowest BCUT2D eigenvalue weighted by Gasteiger charge is -2.05. The Kier molecular flexibility index (Phi) is 3.13. The van der Waals surface area contributed by atoms with Crippen molar-refractivity contribution >= 4 is 32.6 Å². The molecule has 0 aliphatic carbocycles. The second-order valence-electron chi connectivity index (χ2n) is 4.76. The predicted molar refractivity (Wildman–Crippen MR) is 74.7 cm³/mol. The summed E-state index contributed by atoms with van der Waals surface area (Å²) in [6, 6.07) is 3.99. The quantitative estimate of drug-likeness (QED) is 0.758. The Morgan fingerprint density at radius 1 is 1.35 bits per heavy atom. The topological polar surface area (TPSA) is 22.0 Å². The molecule has 2 rings (SSSR count). The van der Waals surface area contributed by atoms with Crippen molar-refractivity contribution in [2.45, 2.75) is 26.7 Å². The molecule has 17 heavy (non-hydrogen) atoms. The lowest BCUT2D eigenvalue weighted by Crippen LogP contribution is -1.97. The molecule has 0 fully saturated rings. The number of Topliss-reactive ketones (excluding diaryl/α,β-unsaturated/α-hetero) is 1. The van der Waals surface area contributed by atoms with E-state index >= 15 is 0 Å². The minimum Gasteiger partial charge on any atom is -0.350 e. The number of rotatable bonds is 2. The van der Waals surface area contributed by atoms with Gasteiger partial charge in [0, 0.05) is 28.7 Å². The molecule has 90 valence electrons. The van der Waals surface area contributed by atoms with Gasteiger partial charge in [0.25, 0.3) is 0 Å². The molecule has 0 aliphatic rings. The van der Waals surface area contributed by atoms with E-state index in [0.717, 1.165) is 15.6 Å². The first-order valence-electron chi connectivity index (χ1n) is 5.71. The number of hydrogen-bond acceptors (Lipinski definition) is 1. The van der Waals surface area contributed by atoms with E-state index in [-0.39, 0.29) is 5.78 Å². The van der Waals surface area contributed by atoms with Crippen molar-refractivity contribution in [1.82, 2.24) is 4.57 Å². The minimum absolute atomic E-state index is 0.104. The molecule has 2 nitrogen and oxygen atoms in total. The van der Waals surface area contributed by atoms with Crippen molar-refractivity contribution < 1.29 is 4.79 Å². The van der Waals surface area contributed by atoms with Gasteiger partial charge in [-0.1, -0.05) is 29.8 Å². The lowest BCUT2D eigenvalue weighted by molar-refractivity contribution is 0.101. The maximum absolute atomic E-state index is 11.7. The Morgan fingerprint density at radius 2 is 2.00 bits per heavy atom. The third-order valence-corrected chi connectivity index (χ3v) is 3.53. The van der Waals surface area contributed by atoms with Crippen LogP contribution in [0.15, 0.2) is 22.8 Å². The maximum Gasteiger partial charge on any atom is 0.161 e. The summed E-state index contributed by atoms with van der Waals surface area (Å²) >= 11 is 3.48. The van der Waals surface area contributed by atoms with Crippen molar-refractivity contribution in [3.63, 3.8) is 0 Å². The van der Waals surface area contributed by atoms with Crippen LogP contribution in [-0.4, -0.2) is 10.4 Å². The molecule has 0 radical (unpaired) electrons. The largest absolute Gasteiger partial charge is 0.350 e. The molecule has 0 saturated carbocycles. The molecular formula is C14H16BrNO. The number of aryl methyl sites for hydroxylation is 1. The Morgan fingerprint density at radius 3 is 2.53 bits per heavy atom. The average Bonchev–Trinajstić information content (AvgIpc) is 2.54. The first-order chi connectivity index (χ1) is 7.91. The van der Waals surface area contributed by atoms with Crippen LogP contribution in [0.4, 0.5) is 0 Å². The zero-order valence-electron chi connectivity index (χ0n) is 10.5. The molecule has 0 unspecified atom stereocenters. The van der Waals surface area contributed by atoms with Crippen LogP contribution in [0.25, 0.3) is 10.9 Å². The van der Waals surface area contributed by atoms with Crippen molar-refractivity contribution in [3.05, 3.63) is 33.9 Å². The number of carbonyl (C=O) groups is 1. The molecule has 2 aromatic rings. The zero-order chi connectivity index (χ0) is 12.7. The number of halogens is 1. The number of carbonyl (C=O) groups excluding carboxylic acids is 1. The van der Waals surface area contributed by atoms with E-state index in [4.69, 9.17) is 0 Å². The van der Waals surface area contributed by atoms with E-state index in [1.165, 1.54) is 10.9 Å². The second-order valence-corrected chi connectivity index (χ2v) is 5.67. The number of benzene rings is 1. The highest BCUT2D eigenvalue weighted by Gasteiger charge is 2.15. The zero-order valence-corrected chi connectivity index (χ0v) is 12.1. The Labute approximate surface area is 110 Å². The van der Waals surface area contributed by atoms with Crippen molar-refractivity contribution in [2.24, 2.45) is 7.05 Å². The highest BCUT2D eigenvalue weighted by molar-refractivity contribution is 9.10. The van der Waals surface area contributed by atoms with Gasteiger partial charge in [-0.3, -0.25) is 4.79 Å². The van der Waals surface area contributed by atoms with E-state index in [0.29, 0.717) is 5.92 Å². The molecule has 0 N–H and O–H groups in total. The first kappa shape index (κ1) is 12.4.